The van der Waals surface area contributed by atoms with Crippen LogP contribution in [0.5, 0.6) is 0 Å². The Balaban J connectivity index is 3.43. The van der Waals surface area contributed by atoms with Crippen molar-refractivity contribution >= 4 is 0 Å². The van der Waals surface area contributed by atoms with Crippen LogP contribution >= 0.6 is 0 Å². The molecule has 0 N–H and O–H groups in total. The van der Waals surface area contributed by atoms with Gasteiger partial charge in [0.05, 0.1) is 17.7 Å². The zero-order valence-electron chi connectivity index (χ0n) is 14.9. The van der Waals surface area contributed by atoms with Gasteiger partial charge in [-0.2, -0.15) is 62.3 Å². The molecule has 31 heavy (non-hydrogen) atoms. The summed E-state index contributed by atoms with van der Waals surface area (Å²) in [5.74, 6) is -37.2. The van der Waals surface area contributed by atoms with Crippen LogP contribution in [0, 0.1) is 11.3 Å². The van der Waals surface area contributed by atoms with E-state index in [4.69, 9.17) is 5.26 Å². The van der Waals surface area contributed by atoms with Crippen molar-refractivity contribution in [2.24, 2.45) is 0 Å². The maximum Gasteiger partial charge on any atom is 0.460 e. The number of alkyl halides is 13. The molecule has 1 unspecified atom stereocenters. The van der Waals surface area contributed by atoms with Gasteiger partial charge in [0.2, 0.25) is 0 Å². The summed E-state index contributed by atoms with van der Waals surface area (Å²) in [7, 11) is 0.600. The quantitative estimate of drug-likeness (QED) is 0.406. The van der Waals surface area contributed by atoms with E-state index in [-0.39, 0.29) is 5.56 Å². The highest BCUT2D eigenvalue weighted by atomic mass is 19.4. The summed E-state index contributed by atoms with van der Waals surface area (Å²) in [5.41, 5.74) is -0.732. The lowest BCUT2D eigenvalue weighted by Crippen LogP contribution is -2.70. The average molecular weight is 479 g/mol. The molecule has 0 radical (unpaired) electrons. The highest BCUT2D eigenvalue weighted by Crippen LogP contribution is 2.61. The van der Waals surface area contributed by atoms with Gasteiger partial charge in [-0.25, -0.2) is 0 Å². The third-order valence-electron chi connectivity index (χ3n) is 4.11. The first-order chi connectivity index (χ1) is 13.7. The van der Waals surface area contributed by atoms with Gasteiger partial charge in [0.25, 0.3) is 0 Å². The molecule has 0 saturated heterocycles. The minimum absolute atomic E-state index is 0.240. The van der Waals surface area contributed by atoms with Crippen LogP contribution in [0.4, 0.5) is 57.1 Å². The van der Waals surface area contributed by atoms with Crippen LogP contribution in [0.25, 0.3) is 0 Å². The molecule has 176 valence electrons. The monoisotopic (exact) mass is 479 g/mol. The summed E-state index contributed by atoms with van der Waals surface area (Å²) in [4.78, 5) is 0. The number of methoxy groups -OCH3 is 1. The molecule has 1 aromatic rings. The van der Waals surface area contributed by atoms with Crippen molar-refractivity contribution in [3.8, 4) is 6.07 Å². The number of nitrogens with zero attached hydrogens (tertiary/aromatic N) is 1. The zero-order chi connectivity index (χ0) is 24.7. The Morgan fingerprint density at radius 1 is 0.806 bits per heavy atom. The minimum atomic E-state index is -7.95. The predicted octanol–water partition coefficient (Wildman–Crippen LogP) is 6.37. The van der Waals surface area contributed by atoms with E-state index in [2.05, 4.69) is 4.74 Å². The number of hydrogen-bond acceptors (Lipinski definition) is 2. The molecule has 0 aliphatic heterocycles. The molecule has 0 fully saturated rings. The maximum atomic E-state index is 14.0. The van der Waals surface area contributed by atoms with E-state index in [1.54, 1.807) is 0 Å². The normalized spacial score (nSPS) is 15.5. The molecule has 0 aliphatic carbocycles. The van der Waals surface area contributed by atoms with Crippen LogP contribution in [0.15, 0.2) is 24.3 Å². The number of hydrogen-bond donors (Lipinski definition) is 0. The Morgan fingerprint density at radius 2 is 1.29 bits per heavy atom. The Hall–Kier alpha value is -2.24. The van der Waals surface area contributed by atoms with Crippen molar-refractivity contribution in [2.45, 2.75) is 48.3 Å². The number of rotatable bonds is 8. The lowest BCUT2D eigenvalue weighted by molar-refractivity contribution is -0.440. The Bertz CT molecular complexity index is 826. The van der Waals surface area contributed by atoms with Gasteiger partial charge in [0.1, 0.15) is 0 Å². The summed E-state index contributed by atoms with van der Waals surface area (Å²) < 4.78 is 175. The lowest BCUT2D eigenvalue weighted by Gasteiger charge is -2.40. The fourth-order valence-corrected chi connectivity index (χ4v) is 2.31. The summed E-state index contributed by atoms with van der Waals surface area (Å²) in [6, 6.07) is 5.33. The van der Waals surface area contributed by atoms with Crippen LogP contribution < -0.4 is 0 Å². The van der Waals surface area contributed by atoms with Crippen molar-refractivity contribution in [1.82, 2.24) is 0 Å². The second-order valence-electron chi connectivity index (χ2n) is 6.17. The van der Waals surface area contributed by atoms with Gasteiger partial charge in [-0.3, -0.25) is 0 Å². The molecule has 0 amide bonds. The third kappa shape index (κ3) is 4.26. The molecule has 1 atom stereocenters. The van der Waals surface area contributed by atoms with Crippen LogP contribution in [0.1, 0.15) is 23.7 Å². The van der Waals surface area contributed by atoms with Gasteiger partial charge in [-0.05, 0) is 17.7 Å². The third-order valence-corrected chi connectivity index (χ3v) is 4.11. The zero-order valence-corrected chi connectivity index (χ0v) is 14.9. The van der Waals surface area contributed by atoms with Crippen LogP contribution in [0.2, 0.25) is 0 Å². The average Bonchev–Trinajstić information content (AvgIpc) is 2.64. The summed E-state index contributed by atoms with van der Waals surface area (Å²) >= 11 is 0. The number of benzene rings is 1. The van der Waals surface area contributed by atoms with Gasteiger partial charge < -0.3 is 4.74 Å². The Morgan fingerprint density at radius 3 is 1.71 bits per heavy atom. The molecule has 0 saturated carbocycles. The van der Waals surface area contributed by atoms with Crippen molar-refractivity contribution in [3.05, 3.63) is 35.4 Å². The molecular formula is C16H10F13NO. The van der Waals surface area contributed by atoms with E-state index >= 15 is 0 Å². The SMILES string of the molecule is COC(CC(F)(F)C(F)(F)C(F)(F)C(F)(F)C(F)(F)C(F)(F)F)c1cccc(C#N)c1. The molecule has 0 aromatic heterocycles. The minimum Gasteiger partial charge on any atom is -0.377 e. The first-order valence-electron chi connectivity index (χ1n) is 7.70. The van der Waals surface area contributed by atoms with E-state index in [0.29, 0.717) is 7.11 Å². The molecule has 0 heterocycles. The second kappa shape index (κ2) is 8.03. The molecule has 0 spiro atoms. The summed E-state index contributed by atoms with van der Waals surface area (Å²) in [5, 5.41) is 8.71. The molecule has 1 rings (SSSR count). The maximum absolute atomic E-state index is 14.0. The first-order valence-corrected chi connectivity index (χ1v) is 7.70. The lowest BCUT2D eigenvalue weighted by atomic mass is 9.90. The van der Waals surface area contributed by atoms with Gasteiger partial charge in [-0.15, -0.1) is 0 Å². The second-order valence-corrected chi connectivity index (χ2v) is 6.17. The van der Waals surface area contributed by atoms with E-state index in [9.17, 15) is 57.1 Å². The Kier molecular flexibility index (Phi) is 6.94. The highest BCUT2D eigenvalue weighted by molar-refractivity contribution is 5.34. The van der Waals surface area contributed by atoms with Gasteiger partial charge in [-0.1, -0.05) is 12.1 Å². The largest absolute Gasteiger partial charge is 0.460 e. The molecular weight excluding hydrogens is 469 g/mol. The number of nitriles is 1. The van der Waals surface area contributed by atoms with Crippen molar-refractivity contribution in [1.29, 1.82) is 5.26 Å². The van der Waals surface area contributed by atoms with Crippen molar-refractivity contribution in [3.63, 3.8) is 0 Å². The fraction of sp³-hybridized carbons (Fsp3) is 0.562. The topological polar surface area (TPSA) is 33.0 Å². The van der Waals surface area contributed by atoms with E-state index in [0.717, 1.165) is 24.3 Å². The highest BCUT2D eigenvalue weighted by Gasteiger charge is 2.90. The molecule has 2 nitrogen and oxygen atoms in total. The van der Waals surface area contributed by atoms with E-state index < -0.39 is 53.9 Å². The van der Waals surface area contributed by atoms with Crippen LogP contribution in [0.3, 0.4) is 0 Å². The predicted molar refractivity (Wildman–Crippen MR) is 76.3 cm³/mol. The summed E-state index contributed by atoms with van der Waals surface area (Å²) in [6.07, 6.45) is -12.3. The standard InChI is InChI=1S/C16H10F13NO/c1-31-10(9-4-2-3-8(5-9)7-30)6-11(17,18)12(19,20)13(21,22)14(23,24)15(25,26)16(27,28)29/h2-5,10H,6H2,1H3. The van der Waals surface area contributed by atoms with E-state index in [1.807, 2.05) is 0 Å². The fourth-order valence-electron chi connectivity index (χ4n) is 2.31. The van der Waals surface area contributed by atoms with Gasteiger partial charge >= 0.3 is 35.8 Å². The van der Waals surface area contributed by atoms with E-state index in [1.165, 1.54) is 6.07 Å². The molecule has 1 aromatic carbocycles. The molecule has 15 heteroatoms. The van der Waals surface area contributed by atoms with Gasteiger partial charge in [0, 0.05) is 13.5 Å². The summed E-state index contributed by atoms with van der Waals surface area (Å²) in [6.45, 7) is 0. The number of halogens is 13. The van der Waals surface area contributed by atoms with Crippen LogP contribution in [-0.2, 0) is 4.74 Å². The smallest absolute Gasteiger partial charge is 0.377 e. The molecule has 0 aliphatic rings. The Labute approximate surface area is 165 Å². The van der Waals surface area contributed by atoms with Crippen molar-refractivity contribution < 1.29 is 61.8 Å². The van der Waals surface area contributed by atoms with Gasteiger partial charge in [0.15, 0.2) is 0 Å². The van der Waals surface area contributed by atoms with Crippen LogP contribution in [-0.4, -0.2) is 42.9 Å². The number of ether oxygens (including phenoxy) is 1. The van der Waals surface area contributed by atoms with Crippen molar-refractivity contribution in [2.75, 3.05) is 7.11 Å². The molecule has 0 bridgehead atoms. The first kappa shape index (κ1) is 26.8.